The second-order valence-electron chi connectivity index (χ2n) is 5.28. The molecule has 1 aromatic carbocycles. The Morgan fingerprint density at radius 2 is 1.96 bits per heavy atom. The van der Waals surface area contributed by atoms with Crippen LogP contribution in [0.4, 0.5) is 17.2 Å². The van der Waals surface area contributed by atoms with E-state index in [9.17, 15) is 20.2 Å². The molecule has 142 valence electrons. The Hall–Kier alpha value is -3.31. The number of aromatic nitrogens is 1. The number of nitrogens with one attached hydrogen (secondary N) is 1. The minimum Gasteiger partial charge on any atom is -0.455 e. The summed E-state index contributed by atoms with van der Waals surface area (Å²) in [5.41, 5.74) is 2.73. The Bertz CT molecular complexity index is 1080. The number of hydrogen-bond acceptors (Lipinski definition) is 8. The average Bonchev–Trinajstić information content (AvgIpc) is 3.13. The fourth-order valence-electron chi connectivity index (χ4n) is 2.15. The smallest absolute Gasteiger partial charge is 0.287 e. The summed E-state index contributed by atoms with van der Waals surface area (Å²) in [5.74, 6) is 1.04. The van der Waals surface area contributed by atoms with Gasteiger partial charge in [-0.05, 0) is 40.2 Å². The molecule has 3 aromatic rings. The summed E-state index contributed by atoms with van der Waals surface area (Å²) in [4.78, 5) is 24.4. The van der Waals surface area contributed by atoms with Crippen LogP contribution in [0, 0.1) is 20.2 Å². The number of rotatable bonds is 6. The van der Waals surface area contributed by atoms with E-state index in [0.29, 0.717) is 22.9 Å². The van der Waals surface area contributed by atoms with Crippen LogP contribution >= 0.6 is 27.5 Å². The van der Waals surface area contributed by atoms with Gasteiger partial charge in [0.15, 0.2) is 0 Å². The largest absolute Gasteiger partial charge is 0.455 e. The fourth-order valence-corrected chi connectivity index (χ4v) is 2.74. The summed E-state index contributed by atoms with van der Waals surface area (Å²) in [6, 6.07) is 8.82. The van der Waals surface area contributed by atoms with Crippen molar-refractivity contribution in [2.45, 2.75) is 0 Å². The molecule has 3 rings (SSSR count). The van der Waals surface area contributed by atoms with E-state index in [1.807, 2.05) is 0 Å². The minimum atomic E-state index is -0.552. The van der Waals surface area contributed by atoms with E-state index in [1.54, 1.807) is 12.1 Å². The molecule has 0 amide bonds. The van der Waals surface area contributed by atoms with Gasteiger partial charge < -0.3 is 4.42 Å². The number of pyridine rings is 1. The van der Waals surface area contributed by atoms with Crippen molar-refractivity contribution in [1.29, 1.82) is 0 Å². The number of hydrogen-bond donors (Lipinski definition) is 1. The summed E-state index contributed by atoms with van der Waals surface area (Å²) in [6.07, 6.45) is 2.47. The van der Waals surface area contributed by atoms with Crippen LogP contribution in [0.2, 0.25) is 5.02 Å². The average molecular weight is 467 g/mol. The molecule has 0 aliphatic carbocycles. The van der Waals surface area contributed by atoms with Crippen molar-refractivity contribution in [1.82, 2.24) is 4.98 Å². The molecular weight excluding hydrogens is 458 g/mol. The monoisotopic (exact) mass is 465 g/mol. The Kier molecular flexibility index (Phi) is 5.66. The fraction of sp³-hybridized carbons (Fsp3) is 0. The molecule has 12 heteroatoms. The molecule has 10 nitrogen and oxygen atoms in total. The quantitative estimate of drug-likeness (QED) is 0.306. The van der Waals surface area contributed by atoms with Gasteiger partial charge >= 0.3 is 0 Å². The van der Waals surface area contributed by atoms with Crippen LogP contribution in [0.3, 0.4) is 0 Å². The van der Waals surface area contributed by atoms with E-state index < -0.39 is 9.85 Å². The van der Waals surface area contributed by atoms with Crippen LogP contribution < -0.4 is 5.43 Å². The van der Waals surface area contributed by atoms with Crippen LogP contribution in [-0.4, -0.2) is 21.0 Å². The molecule has 1 N–H and O–H groups in total. The molecule has 0 saturated carbocycles. The molecule has 0 unspecified atom stereocenters. The number of nitro groups is 2. The number of nitro benzene ring substituents is 1. The second-order valence-corrected chi connectivity index (χ2v) is 6.48. The number of halogens is 2. The maximum Gasteiger partial charge on any atom is 0.287 e. The third-order valence-electron chi connectivity index (χ3n) is 3.45. The molecule has 0 aliphatic heterocycles. The summed E-state index contributed by atoms with van der Waals surface area (Å²) < 4.78 is 5.78. The molecule has 2 aromatic heterocycles. The van der Waals surface area contributed by atoms with Crippen LogP contribution in [0.1, 0.15) is 5.76 Å². The number of benzene rings is 1. The Morgan fingerprint density at radius 3 is 2.61 bits per heavy atom. The molecule has 0 fully saturated rings. The first-order valence-electron chi connectivity index (χ1n) is 7.48. The summed E-state index contributed by atoms with van der Waals surface area (Å²) in [6.45, 7) is 0. The van der Waals surface area contributed by atoms with Crippen molar-refractivity contribution in [2.24, 2.45) is 5.10 Å². The van der Waals surface area contributed by atoms with Crippen LogP contribution in [0.15, 0.2) is 56.6 Å². The molecule has 28 heavy (non-hydrogen) atoms. The predicted octanol–water partition coefficient (Wildman–Crippen LogP) is 5.02. The van der Waals surface area contributed by atoms with E-state index >= 15 is 0 Å². The zero-order valence-corrected chi connectivity index (χ0v) is 16.0. The summed E-state index contributed by atoms with van der Waals surface area (Å²) in [7, 11) is 0. The van der Waals surface area contributed by atoms with Gasteiger partial charge in [-0.3, -0.25) is 25.7 Å². The number of nitrogens with zero attached hydrogens (tertiary/aromatic N) is 4. The van der Waals surface area contributed by atoms with E-state index in [4.69, 9.17) is 16.0 Å². The maximum absolute atomic E-state index is 11.1. The van der Waals surface area contributed by atoms with Gasteiger partial charge in [0.2, 0.25) is 0 Å². The topological polar surface area (TPSA) is 137 Å². The lowest BCUT2D eigenvalue weighted by Crippen LogP contribution is -1.94. The van der Waals surface area contributed by atoms with E-state index in [-0.39, 0.29) is 20.9 Å². The summed E-state index contributed by atoms with van der Waals surface area (Å²) in [5, 5.41) is 25.8. The van der Waals surface area contributed by atoms with Crippen molar-refractivity contribution in [2.75, 3.05) is 5.43 Å². The van der Waals surface area contributed by atoms with E-state index in [0.717, 1.165) is 6.20 Å². The molecule has 0 aliphatic rings. The highest BCUT2D eigenvalue weighted by molar-refractivity contribution is 9.10. The Morgan fingerprint density at radius 1 is 1.18 bits per heavy atom. The van der Waals surface area contributed by atoms with Crippen molar-refractivity contribution < 1.29 is 14.3 Å². The molecule has 2 heterocycles. The zero-order chi connectivity index (χ0) is 20.3. The third kappa shape index (κ3) is 4.32. The van der Waals surface area contributed by atoms with Crippen LogP contribution in [-0.2, 0) is 0 Å². The lowest BCUT2D eigenvalue weighted by Gasteiger charge is -2.02. The molecule has 0 atom stereocenters. The Labute approximate surface area is 170 Å². The van der Waals surface area contributed by atoms with Gasteiger partial charge in [-0.2, -0.15) is 5.10 Å². The van der Waals surface area contributed by atoms with Crippen LogP contribution in [0.25, 0.3) is 11.3 Å². The highest BCUT2D eigenvalue weighted by Gasteiger charge is 2.18. The molecule has 0 spiro atoms. The SMILES string of the molecule is O=[N+]([O-])c1ccc(N/N=C/c2ccc(-c3cc(Cl)c(Br)c([N+](=O)[O-])c3)o2)nc1. The minimum absolute atomic E-state index is 0.132. The van der Waals surface area contributed by atoms with E-state index in [2.05, 4.69) is 31.4 Å². The van der Waals surface area contributed by atoms with Gasteiger partial charge in [0.1, 0.15) is 28.0 Å². The van der Waals surface area contributed by atoms with Crippen molar-refractivity contribution >= 4 is 50.9 Å². The van der Waals surface area contributed by atoms with Gasteiger partial charge in [-0.15, -0.1) is 0 Å². The highest BCUT2D eigenvalue weighted by Crippen LogP contribution is 2.37. The first-order valence-corrected chi connectivity index (χ1v) is 8.65. The van der Waals surface area contributed by atoms with E-state index in [1.165, 1.54) is 30.5 Å². The molecule has 0 radical (unpaired) electrons. The van der Waals surface area contributed by atoms with Gasteiger partial charge in [0.05, 0.1) is 21.1 Å². The second kappa shape index (κ2) is 8.15. The normalized spacial score (nSPS) is 10.9. The van der Waals surface area contributed by atoms with Gasteiger partial charge in [0.25, 0.3) is 11.4 Å². The van der Waals surface area contributed by atoms with Crippen molar-refractivity contribution in [3.8, 4) is 11.3 Å². The maximum atomic E-state index is 11.1. The summed E-state index contributed by atoms with van der Waals surface area (Å²) >= 11 is 9.11. The number of hydrazone groups is 1. The van der Waals surface area contributed by atoms with Gasteiger partial charge in [-0.25, -0.2) is 4.98 Å². The molecular formula is C16H9BrClN5O5. The highest BCUT2D eigenvalue weighted by atomic mass is 79.9. The van der Waals surface area contributed by atoms with Crippen molar-refractivity contribution in [3.05, 3.63) is 78.1 Å². The molecule has 0 bridgehead atoms. The van der Waals surface area contributed by atoms with Crippen LogP contribution in [0.5, 0.6) is 0 Å². The van der Waals surface area contributed by atoms with Gasteiger partial charge in [0, 0.05) is 17.7 Å². The number of anilines is 1. The lowest BCUT2D eigenvalue weighted by molar-refractivity contribution is -0.385. The van der Waals surface area contributed by atoms with Crippen molar-refractivity contribution in [3.63, 3.8) is 0 Å². The standard InChI is InChI=1S/C16H9BrClN5O5/c17-16-12(18)5-9(6-13(16)23(26)27)14-3-2-11(28-14)8-20-21-15-4-1-10(7-19-15)22(24)25/h1-8H,(H,19,21)/b20-8+. The third-order valence-corrected chi connectivity index (χ3v) is 4.81. The predicted molar refractivity (Wildman–Crippen MR) is 106 cm³/mol. The zero-order valence-electron chi connectivity index (χ0n) is 13.7. The Balaban J connectivity index is 1.74. The first kappa shape index (κ1) is 19.5. The number of furan rings is 1. The first-order chi connectivity index (χ1) is 13.3. The molecule has 0 saturated heterocycles. The van der Waals surface area contributed by atoms with Gasteiger partial charge in [-0.1, -0.05) is 11.6 Å². The lowest BCUT2D eigenvalue weighted by atomic mass is 10.1.